The SMILES string of the molecule is O=C1CCN(c2cc(Br)c(F)cc2F)C(=O)C1. The van der Waals surface area contributed by atoms with Crippen molar-refractivity contribution in [3.63, 3.8) is 0 Å². The third kappa shape index (κ3) is 2.36. The maximum Gasteiger partial charge on any atom is 0.234 e. The average molecular weight is 304 g/mol. The smallest absolute Gasteiger partial charge is 0.234 e. The van der Waals surface area contributed by atoms with Gasteiger partial charge in [-0.15, -0.1) is 0 Å². The van der Waals surface area contributed by atoms with Crippen LogP contribution >= 0.6 is 15.9 Å². The standard InChI is InChI=1S/C11H8BrF2NO2/c12-7-4-10(9(14)5-8(7)13)15-2-1-6(16)3-11(15)17/h4-5H,1-3H2. The molecule has 0 bridgehead atoms. The third-order valence-corrected chi connectivity index (χ3v) is 3.15. The van der Waals surface area contributed by atoms with Crippen LogP contribution in [0.5, 0.6) is 0 Å². The molecule has 0 N–H and O–H groups in total. The molecule has 1 saturated heterocycles. The molecule has 3 nitrogen and oxygen atoms in total. The number of carbonyl (C=O) groups is 2. The molecule has 1 aliphatic heterocycles. The lowest BCUT2D eigenvalue weighted by molar-refractivity contribution is -0.128. The molecule has 0 atom stereocenters. The second-order valence-electron chi connectivity index (χ2n) is 3.73. The Bertz CT molecular complexity index is 504. The van der Waals surface area contributed by atoms with Crippen LogP contribution in [0.3, 0.4) is 0 Å². The fraction of sp³-hybridized carbons (Fsp3) is 0.273. The summed E-state index contributed by atoms with van der Waals surface area (Å²) >= 11 is 2.93. The molecule has 1 aliphatic rings. The minimum Gasteiger partial charge on any atom is -0.309 e. The maximum absolute atomic E-state index is 13.5. The number of carbonyl (C=O) groups excluding carboxylic acids is 2. The van der Waals surface area contributed by atoms with Crippen LogP contribution in [0.15, 0.2) is 16.6 Å². The number of nitrogens with zero attached hydrogens (tertiary/aromatic N) is 1. The van der Waals surface area contributed by atoms with E-state index in [2.05, 4.69) is 15.9 Å². The zero-order chi connectivity index (χ0) is 12.6. The summed E-state index contributed by atoms with van der Waals surface area (Å²) in [5.41, 5.74) is -0.00391. The van der Waals surface area contributed by atoms with Gasteiger partial charge in [-0.2, -0.15) is 0 Å². The minimum absolute atomic E-state index is 0.00391. The number of anilines is 1. The van der Waals surface area contributed by atoms with Gasteiger partial charge in [0.05, 0.1) is 16.6 Å². The van der Waals surface area contributed by atoms with Crippen LogP contribution in [0.1, 0.15) is 12.8 Å². The van der Waals surface area contributed by atoms with Crippen LogP contribution in [-0.2, 0) is 9.59 Å². The first-order valence-corrected chi connectivity index (χ1v) is 5.75. The summed E-state index contributed by atoms with van der Waals surface area (Å²) in [7, 11) is 0. The van der Waals surface area contributed by atoms with E-state index in [0.717, 1.165) is 0 Å². The minimum atomic E-state index is -0.812. The van der Waals surface area contributed by atoms with Crippen molar-refractivity contribution in [1.82, 2.24) is 0 Å². The van der Waals surface area contributed by atoms with E-state index in [1.807, 2.05) is 0 Å². The molecule has 0 aliphatic carbocycles. The Hall–Kier alpha value is -1.30. The Labute approximate surface area is 105 Å². The summed E-state index contributed by atoms with van der Waals surface area (Å²) < 4.78 is 26.7. The molecule has 2 rings (SSSR count). The quantitative estimate of drug-likeness (QED) is 0.590. The number of piperidine rings is 1. The van der Waals surface area contributed by atoms with Crippen molar-refractivity contribution in [1.29, 1.82) is 0 Å². The normalized spacial score (nSPS) is 16.5. The van der Waals surface area contributed by atoms with Crippen molar-refractivity contribution < 1.29 is 18.4 Å². The molecule has 6 heteroatoms. The molecule has 1 aromatic rings. The van der Waals surface area contributed by atoms with Gasteiger partial charge in [0, 0.05) is 19.0 Å². The lowest BCUT2D eigenvalue weighted by atomic mass is 10.1. The van der Waals surface area contributed by atoms with Gasteiger partial charge in [0.2, 0.25) is 5.91 Å². The van der Waals surface area contributed by atoms with Crippen LogP contribution in [0, 0.1) is 11.6 Å². The van der Waals surface area contributed by atoms with E-state index in [1.54, 1.807) is 0 Å². The van der Waals surface area contributed by atoms with Crippen molar-refractivity contribution in [2.75, 3.05) is 11.4 Å². The molecule has 1 amide bonds. The number of rotatable bonds is 1. The van der Waals surface area contributed by atoms with Gasteiger partial charge in [-0.05, 0) is 22.0 Å². The van der Waals surface area contributed by atoms with Gasteiger partial charge in [0.25, 0.3) is 0 Å². The lowest BCUT2D eigenvalue weighted by Gasteiger charge is -2.26. The largest absolute Gasteiger partial charge is 0.309 e. The summed E-state index contributed by atoms with van der Waals surface area (Å²) in [6.45, 7) is 0.132. The van der Waals surface area contributed by atoms with E-state index >= 15 is 0 Å². The summed E-state index contributed by atoms with van der Waals surface area (Å²) in [6.07, 6.45) is -0.0331. The van der Waals surface area contributed by atoms with Gasteiger partial charge >= 0.3 is 0 Å². The Morgan fingerprint density at radius 2 is 1.88 bits per heavy atom. The molecule has 1 aromatic carbocycles. The first kappa shape index (κ1) is 12.2. The van der Waals surface area contributed by atoms with Crippen molar-refractivity contribution in [3.8, 4) is 0 Å². The van der Waals surface area contributed by atoms with Crippen LogP contribution in [0.25, 0.3) is 0 Å². The Balaban J connectivity index is 2.37. The van der Waals surface area contributed by atoms with E-state index in [4.69, 9.17) is 0 Å². The zero-order valence-corrected chi connectivity index (χ0v) is 10.3. The van der Waals surface area contributed by atoms with Crippen molar-refractivity contribution in [2.45, 2.75) is 12.8 Å². The number of hydrogen-bond acceptors (Lipinski definition) is 2. The highest BCUT2D eigenvalue weighted by Gasteiger charge is 2.27. The molecule has 1 heterocycles. The molecule has 1 fully saturated rings. The van der Waals surface area contributed by atoms with Crippen molar-refractivity contribution in [2.24, 2.45) is 0 Å². The highest BCUT2D eigenvalue weighted by molar-refractivity contribution is 9.10. The Kier molecular flexibility index (Phi) is 3.24. The van der Waals surface area contributed by atoms with Gasteiger partial charge < -0.3 is 4.90 Å². The second-order valence-corrected chi connectivity index (χ2v) is 4.58. The van der Waals surface area contributed by atoms with Crippen LogP contribution in [0.2, 0.25) is 0 Å². The molecule has 0 spiro atoms. The molecule has 0 aromatic heterocycles. The Morgan fingerprint density at radius 1 is 1.18 bits per heavy atom. The summed E-state index contributed by atoms with van der Waals surface area (Å²) in [4.78, 5) is 23.8. The number of hydrogen-bond donors (Lipinski definition) is 0. The van der Waals surface area contributed by atoms with Crippen LogP contribution in [-0.4, -0.2) is 18.2 Å². The zero-order valence-electron chi connectivity index (χ0n) is 8.67. The van der Waals surface area contributed by atoms with Gasteiger partial charge in [-0.25, -0.2) is 8.78 Å². The van der Waals surface area contributed by atoms with Gasteiger partial charge in [-0.1, -0.05) is 0 Å². The molecular formula is C11H8BrF2NO2. The van der Waals surface area contributed by atoms with Gasteiger partial charge in [0.1, 0.15) is 17.4 Å². The number of halogens is 3. The van der Waals surface area contributed by atoms with Crippen LogP contribution in [0.4, 0.5) is 14.5 Å². The van der Waals surface area contributed by atoms with Crippen LogP contribution < -0.4 is 4.90 Å². The third-order valence-electron chi connectivity index (χ3n) is 2.54. The van der Waals surface area contributed by atoms with Crippen molar-refractivity contribution >= 4 is 33.3 Å². The van der Waals surface area contributed by atoms with E-state index in [9.17, 15) is 18.4 Å². The fourth-order valence-electron chi connectivity index (χ4n) is 1.69. The average Bonchev–Trinajstić information content (AvgIpc) is 2.24. The molecular weight excluding hydrogens is 296 g/mol. The summed E-state index contributed by atoms with van der Waals surface area (Å²) in [6, 6.07) is 1.92. The second kappa shape index (κ2) is 4.52. The van der Waals surface area contributed by atoms with Gasteiger partial charge in [-0.3, -0.25) is 9.59 Å². The highest BCUT2D eigenvalue weighted by Crippen LogP contribution is 2.28. The molecule has 90 valence electrons. The van der Waals surface area contributed by atoms with E-state index in [1.165, 1.54) is 11.0 Å². The lowest BCUT2D eigenvalue weighted by Crippen LogP contribution is -2.39. The highest BCUT2D eigenvalue weighted by atomic mass is 79.9. The molecule has 0 unspecified atom stereocenters. The number of Topliss-reactive ketones (excluding diaryl/α,β-unsaturated/α-hetero) is 1. The monoisotopic (exact) mass is 303 g/mol. The maximum atomic E-state index is 13.5. The van der Waals surface area contributed by atoms with E-state index in [0.29, 0.717) is 6.07 Å². The molecule has 0 radical (unpaired) electrons. The number of ketones is 1. The van der Waals surface area contributed by atoms with E-state index in [-0.39, 0.29) is 35.3 Å². The predicted molar refractivity (Wildman–Crippen MR) is 60.7 cm³/mol. The summed E-state index contributed by atoms with van der Waals surface area (Å²) in [5, 5.41) is 0. The number of benzene rings is 1. The first-order chi connectivity index (χ1) is 7.99. The topological polar surface area (TPSA) is 37.4 Å². The van der Waals surface area contributed by atoms with E-state index < -0.39 is 17.5 Å². The summed E-state index contributed by atoms with van der Waals surface area (Å²) in [5.74, 6) is -2.16. The molecule has 0 saturated carbocycles. The van der Waals surface area contributed by atoms with Gasteiger partial charge in [0.15, 0.2) is 0 Å². The van der Waals surface area contributed by atoms with Crippen molar-refractivity contribution in [3.05, 3.63) is 28.2 Å². The number of amides is 1. The predicted octanol–water partition coefficient (Wildman–Crippen LogP) is 2.42. The molecule has 17 heavy (non-hydrogen) atoms. The fourth-order valence-corrected chi connectivity index (χ4v) is 2.02. The Morgan fingerprint density at radius 3 is 2.53 bits per heavy atom. The first-order valence-electron chi connectivity index (χ1n) is 4.95.